The van der Waals surface area contributed by atoms with E-state index in [1.54, 1.807) is 0 Å². The zero-order valence-corrected chi connectivity index (χ0v) is 7.30. The van der Waals surface area contributed by atoms with Gasteiger partial charge in [-0.15, -0.1) is 0 Å². The van der Waals surface area contributed by atoms with Crippen LogP contribution >= 0.6 is 0 Å². The molecule has 1 atom stereocenters. The highest BCUT2D eigenvalue weighted by atomic mass is 19.1. The summed E-state index contributed by atoms with van der Waals surface area (Å²) in [7, 11) is 0. The van der Waals surface area contributed by atoms with Gasteiger partial charge in [0.15, 0.2) is 0 Å². The van der Waals surface area contributed by atoms with Crippen LogP contribution in [0.5, 0.6) is 0 Å². The van der Waals surface area contributed by atoms with Gasteiger partial charge in [-0.3, -0.25) is 0 Å². The number of halogens is 1. The van der Waals surface area contributed by atoms with Crippen LogP contribution in [0, 0.1) is 11.8 Å². The van der Waals surface area contributed by atoms with Crippen LogP contribution < -0.4 is 5.90 Å². The predicted molar refractivity (Wildman–Crippen MR) is 43.1 cm³/mol. The van der Waals surface area contributed by atoms with Crippen LogP contribution in [0.25, 0.3) is 0 Å². The standard InChI is InChI=1S/C8H16FNO/c1-4-7(6(2)3)5-8(9)11-10/h5-7H,4,10H2,1-3H3/b8-5-. The molecule has 0 rings (SSSR count). The highest BCUT2D eigenvalue weighted by molar-refractivity contribution is 4.89. The molecule has 0 aliphatic rings. The first-order valence-electron chi connectivity index (χ1n) is 3.85. The molecule has 0 spiro atoms. The van der Waals surface area contributed by atoms with Crippen molar-refractivity contribution >= 4 is 0 Å². The molecule has 0 aromatic carbocycles. The van der Waals surface area contributed by atoms with Crippen molar-refractivity contribution in [1.82, 2.24) is 0 Å². The lowest BCUT2D eigenvalue weighted by Crippen LogP contribution is -2.06. The summed E-state index contributed by atoms with van der Waals surface area (Å²) in [6.45, 7) is 6.08. The van der Waals surface area contributed by atoms with Gasteiger partial charge in [0.2, 0.25) is 0 Å². The van der Waals surface area contributed by atoms with Gasteiger partial charge in [-0.2, -0.15) is 10.3 Å². The third-order valence-electron chi connectivity index (χ3n) is 1.79. The normalized spacial score (nSPS) is 15.3. The second kappa shape index (κ2) is 5.13. The van der Waals surface area contributed by atoms with E-state index < -0.39 is 6.01 Å². The number of hydrogen-bond acceptors (Lipinski definition) is 2. The Kier molecular flexibility index (Phi) is 4.86. The minimum absolute atomic E-state index is 0.207. The van der Waals surface area contributed by atoms with Crippen molar-refractivity contribution < 1.29 is 9.23 Å². The topological polar surface area (TPSA) is 35.2 Å². The average molecular weight is 161 g/mol. The van der Waals surface area contributed by atoms with Gasteiger partial charge in [0.25, 0.3) is 6.01 Å². The first-order valence-corrected chi connectivity index (χ1v) is 3.85. The van der Waals surface area contributed by atoms with E-state index in [1.165, 1.54) is 6.08 Å². The second-order valence-electron chi connectivity index (χ2n) is 2.90. The van der Waals surface area contributed by atoms with Gasteiger partial charge in [0.05, 0.1) is 0 Å². The predicted octanol–water partition coefficient (Wildman–Crippen LogP) is 2.37. The molecule has 0 saturated carbocycles. The van der Waals surface area contributed by atoms with E-state index in [0.717, 1.165) is 6.42 Å². The fourth-order valence-corrected chi connectivity index (χ4v) is 0.989. The lowest BCUT2D eigenvalue weighted by molar-refractivity contribution is 0.144. The van der Waals surface area contributed by atoms with E-state index in [1.807, 2.05) is 20.8 Å². The Morgan fingerprint density at radius 1 is 1.64 bits per heavy atom. The van der Waals surface area contributed by atoms with Crippen molar-refractivity contribution in [1.29, 1.82) is 0 Å². The third kappa shape index (κ3) is 3.98. The summed E-state index contributed by atoms with van der Waals surface area (Å²) in [5.74, 6) is 5.26. The van der Waals surface area contributed by atoms with Gasteiger partial charge < -0.3 is 4.84 Å². The molecule has 0 aromatic rings. The van der Waals surface area contributed by atoms with E-state index in [2.05, 4.69) is 10.7 Å². The van der Waals surface area contributed by atoms with Crippen molar-refractivity contribution in [2.45, 2.75) is 27.2 Å². The van der Waals surface area contributed by atoms with E-state index >= 15 is 0 Å². The van der Waals surface area contributed by atoms with Crippen LogP contribution in [-0.4, -0.2) is 0 Å². The van der Waals surface area contributed by atoms with Gasteiger partial charge in [-0.25, -0.2) is 0 Å². The fraction of sp³-hybridized carbons (Fsp3) is 0.750. The van der Waals surface area contributed by atoms with Gasteiger partial charge in [-0.1, -0.05) is 20.8 Å². The SMILES string of the molecule is CCC(/C=C(/F)ON)C(C)C. The Bertz CT molecular complexity index is 134. The summed E-state index contributed by atoms with van der Waals surface area (Å²) in [5.41, 5.74) is 0. The molecular weight excluding hydrogens is 145 g/mol. The molecule has 11 heavy (non-hydrogen) atoms. The summed E-state index contributed by atoms with van der Waals surface area (Å²) in [6.07, 6.45) is 2.32. The van der Waals surface area contributed by atoms with Crippen LogP contribution in [0.1, 0.15) is 27.2 Å². The molecule has 0 amide bonds. The smallest absolute Gasteiger partial charge is 0.289 e. The third-order valence-corrected chi connectivity index (χ3v) is 1.79. The van der Waals surface area contributed by atoms with E-state index in [0.29, 0.717) is 5.92 Å². The van der Waals surface area contributed by atoms with Crippen molar-refractivity contribution in [3.8, 4) is 0 Å². The molecule has 0 saturated heterocycles. The molecule has 0 aliphatic heterocycles. The van der Waals surface area contributed by atoms with Crippen LogP contribution in [0.4, 0.5) is 4.39 Å². The molecule has 0 aromatic heterocycles. The molecule has 2 nitrogen and oxygen atoms in total. The lowest BCUT2D eigenvalue weighted by Gasteiger charge is -2.13. The highest BCUT2D eigenvalue weighted by Gasteiger charge is 2.09. The van der Waals surface area contributed by atoms with E-state index in [9.17, 15) is 4.39 Å². The van der Waals surface area contributed by atoms with E-state index in [-0.39, 0.29) is 5.92 Å². The van der Waals surface area contributed by atoms with Gasteiger partial charge >= 0.3 is 0 Å². The zero-order valence-electron chi connectivity index (χ0n) is 7.30. The molecule has 0 aliphatic carbocycles. The zero-order chi connectivity index (χ0) is 8.85. The largest absolute Gasteiger partial charge is 0.381 e. The van der Waals surface area contributed by atoms with Crippen molar-refractivity contribution in [2.75, 3.05) is 0 Å². The van der Waals surface area contributed by atoms with Gasteiger partial charge in [0, 0.05) is 0 Å². The van der Waals surface area contributed by atoms with Crippen LogP contribution in [-0.2, 0) is 4.84 Å². The summed E-state index contributed by atoms with van der Waals surface area (Å²) >= 11 is 0. The van der Waals surface area contributed by atoms with Gasteiger partial charge in [-0.05, 0) is 24.3 Å². The monoisotopic (exact) mass is 161 g/mol. The molecule has 0 heterocycles. The molecule has 0 radical (unpaired) electrons. The molecule has 3 heteroatoms. The van der Waals surface area contributed by atoms with Gasteiger partial charge in [0.1, 0.15) is 0 Å². The summed E-state index contributed by atoms with van der Waals surface area (Å²) in [6, 6.07) is -0.689. The van der Waals surface area contributed by atoms with Crippen molar-refractivity contribution in [2.24, 2.45) is 17.7 Å². The minimum atomic E-state index is -0.689. The molecular formula is C8H16FNO. The Morgan fingerprint density at radius 3 is 2.45 bits per heavy atom. The fourth-order valence-electron chi connectivity index (χ4n) is 0.989. The maximum absolute atomic E-state index is 12.4. The lowest BCUT2D eigenvalue weighted by atomic mass is 9.93. The van der Waals surface area contributed by atoms with Crippen LogP contribution in [0.15, 0.2) is 12.1 Å². The van der Waals surface area contributed by atoms with Crippen molar-refractivity contribution in [3.63, 3.8) is 0 Å². The van der Waals surface area contributed by atoms with E-state index in [4.69, 9.17) is 0 Å². The highest BCUT2D eigenvalue weighted by Crippen LogP contribution is 2.18. The molecule has 0 fully saturated rings. The summed E-state index contributed by atoms with van der Waals surface area (Å²) in [4.78, 5) is 3.93. The Morgan fingerprint density at radius 2 is 2.18 bits per heavy atom. The molecule has 1 unspecified atom stereocenters. The Balaban J connectivity index is 4.06. The molecule has 0 bridgehead atoms. The molecule has 2 N–H and O–H groups in total. The second-order valence-corrected chi connectivity index (χ2v) is 2.90. The maximum atomic E-state index is 12.4. The van der Waals surface area contributed by atoms with Crippen molar-refractivity contribution in [3.05, 3.63) is 12.1 Å². The number of allylic oxidation sites excluding steroid dienone is 1. The van der Waals surface area contributed by atoms with Crippen LogP contribution in [0.2, 0.25) is 0 Å². The Labute approximate surface area is 67.2 Å². The number of hydrogen-bond donors (Lipinski definition) is 1. The number of nitrogens with two attached hydrogens (primary N) is 1. The quantitative estimate of drug-likeness (QED) is 0.507. The summed E-state index contributed by atoms with van der Waals surface area (Å²) in [5, 5.41) is 0. The first-order chi connectivity index (χ1) is 5.11. The minimum Gasteiger partial charge on any atom is -0.381 e. The first kappa shape index (κ1) is 10.4. The van der Waals surface area contributed by atoms with Crippen LogP contribution in [0.3, 0.4) is 0 Å². The maximum Gasteiger partial charge on any atom is 0.289 e. The molecule has 66 valence electrons. The number of rotatable bonds is 4. The Hall–Kier alpha value is -0.570. The average Bonchev–Trinajstić information content (AvgIpc) is 1.99. The summed E-state index contributed by atoms with van der Waals surface area (Å²) < 4.78 is 12.4.